The van der Waals surface area contributed by atoms with Gasteiger partial charge in [-0.3, -0.25) is 18.7 Å². The minimum atomic E-state index is -0.570. The Morgan fingerprint density at radius 3 is 2.50 bits per heavy atom. The van der Waals surface area contributed by atoms with Crippen LogP contribution in [0.5, 0.6) is 0 Å². The second kappa shape index (κ2) is 7.05. The summed E-state index contributed by atoms with van der Waals surface area (Å²) in [5.41, 5.74) is 0.702. The number of nitrogens with zero attached hydrogens (tertiary/aromatic N) is 2. The summed E-state index contributed by atoms with van der Waals surface area (Å²) < 4.78 is 6.93. The number of rotatable bonds is 4. The number of methoxy groups -OCH3 is 1. The fourth-order valence-corrected chi connectivity index (χ4v) is 2.65. The van der Waals surface area contributed by atoms with Gasteiger partial charge >= 0.3 is 11.7 Å². The van der Waals surface area contributed by atoms with Crippen molar-refractivity contribution >= 4 is 17.6 Å². The van der Waals surface area contributed by atoms with Gasteiger partial charge in [-0.25, -0.2) is 4.79 Å². The molecular formula is C17H19ClN2O4. The molecule has 0 bridgehead atoms. The summed E-state index contributed by atoms with van der Waals surface area (Å²) in [6.45, 7) is 5.00. The third-order valence-corrected chi connectivity index (χ3v) is 4.20. The minimum Gasteiger partial charge on any atom is -0.468 e. The maximum absolute atomic E-state index is 12.8. The quantitative estimate of drug-likeness (QED) is 0.794. The Labute approximate surface area is 144 Å². The SMILES string of the molecule is COC(=O)Cn1cc(-c2cccc(Cl)c2C)c(=O)n(C(C)C)c1=O. The highest BCUT2D eigenvalue weighted by atomic mass is 35.5. The number of carbonyl (C=O) groups is 1. The molecule has 0 amide bonds. The number of halogens is 1. The first kappa shape index (κ1) is 18.0. The molecule has 1 aromatic carbocycles. The van der Waals surface area contributed by atoms with Crippen molar-refractivity contribution in [3.8, 4) is 11.1 Å². The van der Waals surface area contributed by atoms with Crippen LogP contribution in [0.2, 0.25) is 5.02 Å². The number of benzene rings is 1. The first-order valence-corrected chi connectivity index (χ1v) is 7.84. The predicted octanol–water partition coefficient (Wildman–Crippen LogP) is 2.39. The van der Waals surface area contributed by atoms with Crippen LogP contribution < -0.4 is 11.2 Å². The molecule has 0 aliphatic carbocycles. The van der Waals surface area contributed by atoms with Gasteiger partial charge < -0.3 is 4.74 Å². The van der Waals surface area contributed by atoms with Crippen LogP contribution in [0, 0.1) is 6.92 Å². The summed E-state index contributed by atoms with van der Waals surface area (Å²) in [5.74, 6) is -0.570. The van der Waals surface area contributed by atoms with Crippen molar-refractivity contribution in [2.75, 3.05) is 7.11 Å². The molecule has 128 valence electrons. The Hall–Kier alpha value is -2.34. The third kappa shape index (κ3) is 3.28. The normalized spacial score (nSPS) is 10.9. The number of hydrogen-bond acceptors (Lipinski definition) is 4. The second-order valence-corrected chi connectivity index (χ2v) is 6.12. The zero-order valence-corrected chi connectivity index (χ0v) is 14.8. The maximum Gasteiger partial charge on any atom is 0.331 e. The zero-order chi connectivity index (χ0) is 18.0. The number of hydrogen-bond donors (Lipinski definition) is 0. The smallest absolute Gasteiger partial charge is 0.331 e. The average Bonchev–Trinajstić information content (AvgIpc) is 2.52. The minimum absolute atomic E-state index is 0.269. The van der Waals surface area contributed by atoms with Gasteiger partial charge in [-0.2, -0.15) is 0 Å². The molecule has 6 nitrogen and oxygen atoms in total. The highest BCUT2D eigenvalue weighted by molar-refractivity contribution is 6.31. The molecule has 1 heterocycles. The number of aromatic nitrogens is 2. The van der Waals surface area contributed by atoms with E-state index in [2.05, 4.69) is 4.74 Å². The molecule has 2 aromatic rings. The summed E-state index contributed by atoms with van der Waals surface area (Å²) >= 11 is 6.14. The summed E-state index contributed by atoms with van der Waals surface area (Å²) in [6, 6.07) is 4.87. The zero-order valence-electron chi connectivity index (χ0n) is 14.0. The number of ether oxygens (including phenoxy) is 1. The van der Waals surface area contributed by atoms with Gasteiger partial charge in [-0.05, 0) is 38.0 Å². The van der Waals surface area contributed by atoms with Crippen LogP contribution in [0.15, 0.2) is 34.0 Å². The van der Waals surface area contributed by atoms with Gasteiger partial charge in [-0.15, -0.1) is 0 Å². The lowest BCUT2D eigenvalue weighted by molar-refractivity contribution is -0.141. The van der Waals surface area contributed by atoms with Crippen molar-refractivity contribution in [1.29, 1.82) is 0 Å². The van der Waals surface area contributed by atoms with Gasteiger partial charge in [0.1, 0.15) is 6.54 Å². The van der Waals surface area contributed by atoms with Crippen LogP contribution in [-0.2, 0) is 16.1 Å². The summed E-state index contributed by atoms with van der Waals surface area (Å²) in [5, 5.41) is 0.522. The fraction of sp³-hybridized carbons (Fsp3) is 0.353. The van der Waals surface area contributed by atoms with Crippen LogP contribution in [0.25, 0.3) is 11.1 Å². The molecule has 24 heavy (non-hydrogen) atoms. The Bertz CT molecular complexity index is 896. The molecule has 0 saturated carbocycles. The van der Waals surface area contributed by atoms with Crippen LogP contribution in [0.3, 0.4) is 0 Å². The van der Waals surface area contributed by atoms with Crippen molar-refractivity contribution in [2.24, 2.45) is 0 Å². The van der Waals surface area contributed by atoms with Crippen LogP contribution in [0.4, 0.5) is 0 Å². The molecule has 1 aromatic heterocycles. The van der Waals surface area contributed by atoms with E-state index >= 15 is 0 Å². The topological polar surface area (TPSA) is 70.3 Å². The highest BCUT2D eigenvalue weighted by Crippen LogP contribution is 2.26. The monoisotopic (exact) mass is 350 g/mol. The predicted molar refractivity (Wildman–Crippen MR) is 92.5 cm³/mol. The van der Waals surface area contributed by atoms with E-state index in [-0.39, 0.29) is 12.6 Å². The van der Waals surface area contributed by atoms with E-state index in [9.17, 15) is 14.4 Å². The Morgan fingerprint density at radius 1 is 1.25 bits per heavy atom. The maximum atomic E-state index is 12.8. The Balaban J connectivity index is 2.81. The summed E-state index contributed by atoms with van der Waals surface area (Å²) in [7, 11) is 1.24. The van der Waals surface area contributed by atoms with E-state index in [0.717, 1.165) is 10.1 Å². The van der Waals surface area contributed by atoms with Gasteiger partial charge in [0.05, 0.1) is 12.7 Å². The first-order valence-electron chi connectivity index (χ1n) is 7.46. The van der Waals surface area contributed by atoms with Crippen molar-refractivity contribution in [1.82, 2.24) is 9.13 Å². The summed E-state index contributed by atoms with van der Waals surface area (Å²) in [4.78, 5) is 36.9. The van der Waals surface area contributed by atoms with Crippen molar-refractivity contribution in [3.05, 3.63) is 55.8 Å². The van der Waals surface area contributed by atoms with E-state index in [1.54, 1.807) is 39.0 Å². The lowest BCUT2D eigenvalue weighted by atomic mass is 10.0. The first-order chi connectivity index (χ1) is 11.3. The average molecular weight is 351 g/mol. The largest absolute Gasteiger partial charge is 0.468 e. The van der Waals surface area contributed by atoms with Crippen molar-refractivity contribution in [3.63, 3.8) is 0 Å². The standard InChI is InChI=1S/C17H19ClN2O4/c1-10(2)20-16(22)13(12-6-5-7-14(18)11(12)3)8-19(17(20)23)9-15(21)24-4/h5-8,10H,9H2,1-4H3. The highest BCUT2D eigenvalue weighted by Gasteiger charge is 2.18. The van der Waals surface area contributed by atoms with E-state index in [0.29, 0.717) is 16.1 Å². The second-order valence-electron chi connectivity index (χ2n) is 5.71. The van der Waals surface area contributed by atoms with E-state index in [1.807, 2.05) is 0 Å². The molecule has 0 fully saturated rings. The molecular weight excluding hydrogens is 332 g/mol. The third-order valence-electron chi connectivity index (χ3n) is 3.79. The molecule has 2 rings (SSSR count). The fourth-order valence-electron chi connectivity index (χ4n) is 2.48. The van der Waals surface area contributed by atoms with Gasteiger partial charge in [0, 0.05) is 17.3 Å². The Morgan fingerprint density at radius 2 is 1.92 bits per heavy atom. The van der Waals surface area contributed by atoms with E-state index in [4.69, 9.17) is 11.6 Å². The molecule has 0 N–H and O–H groups in total. The molecule has 0 spiro atoms. The molecule has 0 saturated heterocycles. The lowest BCUT2D eigenvalue weighted by Crippen LogP contribution is -2.42. The van der Waals surface area contributed by atoms with Crippen molar-refractivity contribution < 1.29 is 9.53 Å². The van der Waals surface area contributed by atoms with Gasteiger partial charge in [-0.1, -0.05) is 23.7 Å². The molecule has 0 atom stereocenters. The van der Waals surface area contributed by atoms with Crippen LogP contribution in [0.1, 0.15) is 25.5 Å². The molecule has 0 aliphatic rings. The number of esters is 1. The molecule has 0 radical (unpaired) electrons. The summed E-state index contributed by atoms with van der Waals surface area (Å²) in [6.07, 6.45) is 1.39. The Kier molecular flexibility index (Phi) is 5.29. The van der Waals surface area contributed by atoms with E-state index in [1.165, 1.54) is 17.9 Å². The number of carbonyl (C=O) groups excluding carboxylic acids is 1. The van der Waals surface area contributed by atoms with Gasteiger partial charge in [0.25, 0.3) is 5.56 Å². The molecule has 0 unspecified atom stereocenters. The molecule has 0 aliphatic heterocycles. The van der Waals surface area contributed by atoms with Gasteiger partial charge in [0.2, 0.25) is 0 Å². The van der Waals surface area contributed by atoms with Crippen molar-refractivity contribution in [2.45, 2.75) is 33.4 Å². The van der Waals surface area contributed by atoms with Crippen LogP contribution in [-0.4, -0.2) is 22.2 Å². The van der Waals surface area contributed by atoms with Gasteiger partial charge in [0.15, 0.2) is 0 Å². The van der Waals surface area contributed by atoms with E-state index < -0.39 is 17.2 Å². The lowest BCUT2D eigenvalue weighted by Gasteiger charge is -2.16. The molecule has 7 heteroatoms. The van der Waals surface area contributed by atoms with Crippen LogP contribution >= 0.6 is 11.6 Å².